The Kier molecular flexibility index (Phi) is 3.51. The van der Waals surface area contributed by atoms with Crippen molar-refractivity contribution in [3.8, 4) is 0 Å². The number of amides is 2. The number of quaternary nitrogens is 1. The van der Waals surface area contributed by atoms with Gasteiger partial charge >= 0.3 is 17.8 Å². The zero-order chi connectivity index (χ0) is 16.9. The maximum absolute atomic E-state index is 13.1. The van der Waals surface area contributed by atoms with Crippen molar-refractivity contribution >= 4 is 17.8 Å². The number of imide groups is 1. The fourth-order valence-electron chi connectivity index (χ4n) is 2.33. The van der Waals surface area contributed by atoms with Gasteiger partial charge in [-0.3, -0.25) is 0 Å². The highest BCUT2D eigenvalue weighted by atomic mass is 16.6. The predicted octanol–water partition coefficient (Wildman–Crippen LogP) is 2.42. The first-order valence-corrected chi connectivity index (χ1v) is 6.95. The van der Waals surface area contributed by atoms with Gasteiger partial charge in [-0.15, -0.1) is 0 Å². The summed E-state index contributed by atoms with van der Waals surface area (Å²) in [5, 5.41) is 13.1. The van der Waals surface area contributed by atoms with Crippen LogP contribution in [0.1, 0.15) is 55.3 Å². The summed E-state index contributed by atoms with van der Waals surface area (Å²) in [6.07, 6.45) is 0. The predicted molar refractivity (Wildman–Crippen MR) is 78.7 cm³/mol. The SMILES string of the molecule is CC(C)(C)OC(=O)C(C)(C)[N+]1([O-])C(=O)c2ccccc2C1=O. The van der Waals surface area contributed by atoms with Gasteiger partial charge in [0, 0.05) is 13.8 Å². The Hall–Kier alpha value is -2.05. The Morgan fingerprint density at radius 3 is 1.77 bits per heavy atom. The fourth-order valence-corrected chi connectivity index (χ4v) is 2.33. The number of ether oxygens (including phenoxy) is 1. The number of carbonyl (C=O) groups is 3. The van der Waals surface area contributed by atoms with Crippen LogP contribution < -0.4 is 0 Å². The Morgan fingerprint density at radius 1 is 1.00 bits per heavy atom. The van der Waals surface area contributed by atoms with Gasteiger partial charge in [0.1, 0.15) is 5.60 Å². The lowest BCUT2D eigenvalue weighted by atomic mass is 10.0. The molecule has 0 aromatic heterocycles. The number of nitrogens with zero attached hydrogens (tertiary/aromatic N) is 1. The van der Waals surface area contributed by atoms with Gasteiger partial charge in [0.2, 0.25) is 5.54 Å². The summed E-state index contributed by atoms with van der Waals surface area (Å²) in [6.45, 7) is 7.47. The highest BCUT2D eigenvalue weighted by molar-refractivity contribution is 6.15. The Bertz CT molecular complexity index is 634. The highest BCUT2D eigenvalue weighted by Gasteiger charge is 2.60. The molecule has 0 unspecified atom stereocenters. The molecule has 0 spiro atoms. The zero-order valence-electron chi connectivity index (χ0n) is 13.3. The lowest BCUT2D eigenvalue weighted by Crippen LogP contribution is -2.65. The Balaban J connectivity index is 2.50. The molecule has 6 heteroatoms. The van der Waals surface area contributed by atoms with Crippen LogP contribution in [0.15, 0.2) is 24.3 Å². The van der Waals surface area contributed by atoms with Crippen molar-refractivity contribution in [2.24, 2.45) is 0 Å². The number of hydrogen-bond acceptors (Lipinski definition) is 5. The van der Waals surface area contributed by atoms with Gasteiger partial charge in [-0.05, 0) is 32.9 Å². The number of hydrogen-bond donors (Lipinski definition) is 0. The van der Waals surface area contributed by atoms with Crippen LogP contribution in [-0.4, -0.2) is 33.6 Å². The molecule has 0 N–H and O–H groups in total. The summed E-state index contributed by atoms with van der Waals surface area (Å²) in [6, 6.07) is 5.97. The topological polar surface area (TPSA) is 83.5 Å². The maximum Gasteiger partial charge on any atom is 0.369 e. The van der Waals surface area contributed by atoms with Crippen LogP contribution in [0, 0.1) is 5.21 Å². The normalized spacial score (nSPS) is 17.4. The van der Waals surface area contributed by atoms with Crippen molar-refractivity contribution in [2.45, 2.75) is 45.8 Å². The Morgan fingerprint density at radius 2 is 1.41 bits per heavy atom. The van der Waals surface area contributed by atoms with E-state index in [-0.39, 0.29) is 11.1 Å². The molecule has 0 radical (unpaired) electrons. The molecule has 0 saturated heterocycles. The maximum atomic E-state index is 13.1. The third-order valence-corrected chi connectivity index (χ3v) is 3.65. The molecule has 1 aliphatic rings. The van der Waals surface area contributed by atoms with E-state index < -0.39 is 33.6 Å². The largest absolute Gasteiger partial charge is 0.616 e. The lowest BCUT2D eigenvalue weighted by molar-refractivity contribution is -0.755. The van der Waals surface area contributed by atoms with Gasteiger partial charge in [-0.25, -0.2) is 19.0 Å². The first-order valence-electron chi connectivity index (χ1n) is 6.95. The number of rotatable bonds is 2. The number of carbonyl (C=O) groups excluding carboxylic acids is 3. The number of benzene rings is 1. The van der Waals surface area contributed by atoms with Gasteiger partial charge in [0.05, 0.1) is 11.1 Å². The van der Waals surface area contributed by atoms with Crippen molar-refractivity contribution in [3.05, 3.63) is 40.6 Å². The molecule has 6 nitrogen and oxygen atoms in total. The van der Waals surface area contributed by atoms with Crippen LogP contribution in [0.25, 0.3) is 0 Å². The molecule has 0 aliphatic carbocycles. The fraction of sp³-hybridized carbons (Fsp3) is 0.438. The average Bonchev–Trinajstić information content (AvgIpc) is 2.61. The second-order valence-electron chi connectivity index (χ2n) is 6.83. The molecule has 1 heterocycles. The van der Waals surface area contributed by atoms with Crippen molar-refractivity contribution < 1.29 is 23.8 Å². The van der Waals surface area contributed by atoms with Crippen LogP contribution in [0.3, 0.4) is 0 Å². The molecular formula is C16H19NO5. The van der Waals surface area contributed by atoms with Crippen LogP contribution in [0.2, 0.25) is 0 Å². The van der Waals surface area contributed by atoms with Crippen LogP contribution in [0.4, 0.5) is 0 Å². The third kappa shape index (κ3) is 2.15. The smallest absolute Gasteiger partial charge is 0.369 e. The monoisotopic (exact) mass is 305 g/mol. The molecule has 1 aliphatic heterocycles. The van der Waals surface area contributed by atoms with Crippen molar-refractivity contribution in [1.29, 1.82) is 0 Å². The first kappa shape index (κ1) is 16.3. The summed E-state index contributed by atoms with van der Waals surface area (Å²) in [7, 11) is 0. The second-order valence-corrected chi connectivity index (χ2v) is 6.83. The minimum Gasteiger partial charge on any atom is -0.616 e. The molecule has 22 heavy (non-hydrogen) atoms. The van der Waals surface area contributed by atoms with Gasteiger partial charge in [-0.2, -0.15) is 0 Å². The van der Waals surface area contributed by atoms with Crippen LogP contribution in [0.5, 0.6) is 0 Å². The molecule has 0 bridgehead atoms. The van der Waals surface area contributed by atoms with Crippen molar-refractivity contribution in [2.75, 3.05) is 0 Å². The molecule has 1 aromatic carbocycles. The second kappa shape index (κ2) is 4.72. The summed E-state index contributed by atoms with van der Waals surface area (Å²) >= 11 is 0. The molecule has 0 atom stereocenters. The third-order valence-electron chi connectivity index (χ3n) is 3.65. The standard InChI is InChI=1S/C16H19NO5/c1-15(2,3)22-14(20)16(4,5)17(21)12(18)10-8-6-7-9-11(10)13(17)19/h6-9H,1-5H3. The molecule has 0 saturated carbocycles. The zero-order valence-corrected chi connectivity index (χ0v) is 13.3. The van der Waals surface area contributed by atoms with Crippen LogP contribution >= 0.6 is 0 Å². The molecule has 0 fully saturated rings. The van der Waals surface area contributed by atoms with Crippen molar-refractivity contribution in [3.63, 3.8) is 0 Å². The highest BCUT2D eigenvalue weighted by Crippen LogP contribution is 2.38. The average molecular weight is 305 g/mol. The van der Waals surface area contributed by atoms with E-state index in [2.05, 4.69) is 0 Å². The van der Waals surface area contributed by atoms with E-state index >= 15 is 0 Å². The number of hydroxylamine groups is 3. The molecule has 1 aromatic rings. The van der Waals surface area contributed by atoms with E-state index in [4.69, 9.17) is 4.74 Å². The van der Waals surface area contributed by atoms with E-state index in [1.807, 2.05) is 0 Å². The minimum atomic E-state index is -1.89. The van der Waals surface area contributed by atoms with Crippen LogP contribution in [-0.2, 0) is 9.53 Å². The molecule has 118 valence electrons. The summed E-state index contributed by atoms with van der Waals surface area (Å²) in [5.74, 6) is -2.75. The number of esters is 1. The van der Waals surface area contributed by atoms with Gasteiger partial charge in [0.15, 0.2) is 0 Å². The van der Waals surface area contributed by atoms with E-state index in [9.17, 15) is 19.6 Å². The Labute approximate surface area is 128 Å². The van der Waals surface area contributed by atoms with Gasteiger partial charge < -0.3 is 9.94 Å². The van der Waals surface area contributed by atoms with Gasteiger partial charge in [-0.1, -0.05) is 12.1 Å². The quantitative estimate of drug-likeness (QED) is 0.362. The minimum absolute atomic E-state index is 0.0409. The van der Waals surface area contributed by atoms with E-state index in [0.29, 0.717) is 0 Å². The number of fused-ring (bicyclic) bond motifs is 1. The summed E-state index contributed by atoms with van der Waals surface area (Å²) in [5.41, 5.74) is -2.62. The molecule has 2 rings (SSSR count). The van der Waals surface area contributed by atoms with E-state index in [1.165, 1.54) is 26.0 Å². The van der Waals surface area contributed by atoms with Crippen molar-refractivity contribution in [1.82, 2.24) is 0 Å². The lowest BCUT2D eigenvalue weighted by Gasteiger charge is -2.44. The molecular weight excluding hydrogens is 286 g/mol. The van der Waals surface area contributed by atoms with E-state index in [0.717, 1.165) is 0 Å². The summed E-state index contributed by atoms with van der Waals surface area (Å²) in [4.78, 5) is 37.3. The van der Waals surface area contributed by atoms with E-state index in [1.54, 1.807) is 32.9 Å². The summed E-state index contributed by atoms with van der Waals surface area (Å²) < 4.78 is 3.33. The van der Waals surface area contributed by atoms with Gasteiger partial charge in [0.25, 0.3) is 0 Å². The molecule has 2 amide bonds. The first-order chi connectivity index (χ1) is 9.93.